The van der Waals surface area contributed by atoms with Crippen LogP contribution in [0, 0.1) is 17.8 Å². The summed E-state index contributed by atoms with van der Waals surface area (Å²) in [7, 11) is 1.39. The van der Waals surface area contributed by atoms with Gasteiger partial charge in [0, 0.05) is 6.04 Å². The number of esters is 1. The molecule has 2 saturated carbocycles. The molecule has 0 unspecified atom stereocenters. The normalized spacial score (nSPS) is 28.0. The molecule has 1 amide bonds. The number of oxazole rings is 1. The maximum atomic E-state index is 12.7. The molecule has 7 nitrogen and oxygen atoms in total. The molecule has 1 N–H and O–H groups in total. The minimum atomic E-state index is -0.360. The first-order valence-corrected chi connectivity index (χ1v) is 8.05. The number of carbonyl (C=O) groups excluding carboxylic acids is 2. The molecule has 2 heterocycles. The molecule has 2 aliphatic rings. The molecule has 24 heavy (non-hydrogen) atoms. The van der Waals surface area contributed by atoms with Crippen molar-refractivity contribution in [2.45, 2.75) is 25.3 Å². The Morgan fingerprint density at radius 2 is 2.12 bits per heavy atom. The average molecular weight is 330 g/mol. The van der Waals surface area contributed by atoms with Gasteiger partial charge >= 0.3 is 5.97 Å². The van der Waals surface area contributed by atoms with E-state index in [1.165, 1.54) is 19.8 Å². The molecule has 0 aliphatic heterocycles. The van der Waals surface area contributed by atoms with Crippen molar-refractivity contribution >= 4 is 11.9 Å². The van der Waals surface area contributed by atoms with Gasteiger partial charge in [-0.2, -0.15) is 0 Å². The van der Waals surface area contributed by atoms with Crippen molar-refractivity contribution in [3.8, 4) is 11.5 Å². The van der Waals surface area contributed by atoms with Gasteiger partial charge in [0.1, 0.15) is 0 Å². The van der Waals surface area contributed by atoms with Gasteiger partial charge in [0.25, 0.3) is 5.91 Å². The van der Waals surface area contributed by atoms with E-state index < -0.39 is 0 Å². The highest BCUT2D eigenvalue weighted by Gasteiger charge is 2.52. The number of amides is 1. The molecular formula is C17H18N2O5. The number of hydrogen-bond donors (Lipinski definition) is 1. The molecule has 2 fully saturated rings. The number of nitrogens with one attached hydrogen (secondary N) is 1. The van der Waals surface area contributed by atoms with Gasteiger partial charge < -0.3 is 18.9 Å². The van der Waals surface area contributed by atoms with E-state index >= 15 is 0 Å². The Labute approximate surface area is 138 Å². The number of ether oxygens (including phenoxy) is 1. The van der Waals surface area contributed by atoms with E-state index in [4.69, 9.17) is 13.6 Å². The van der Waals surface area contributed by atoms with Crippen molar-refractivity contribution in [1.82, 2.24) is 10.3 Å². The van der Waals surface area contributed by atoms with Crippen LogP contribution in [0.5, 0.6) is 0 Å². The molecule has 126 valence electrons. The van der Waals surface area contributed by atoms with Crippen molar-refractivity contribution in [3.05, 3.63) is 30.5 Å². The van der Waals surface area contributed by atoms with Crippen LogP contribution in [0.1, 0.15) is 29.8 Å². The molecule has 0 saturated heterocycles. The summed E-state index contributed by atoms with van der Waals surface area (Å²) in [6.07, 6.45) is 5.70. The third-order valence-corrected chi connectivity index (χ3v) is 5.21. The molecule has 0 spiro atoms. The van der Waals surface area contributed by atoms with Crippen molar-refractivity contribution in [3.63, 3.8) is 0 Å². The Balaban J connectivity index is 1.56. The molecule has 0 radical (unpaired) electrons. The zero-order chi connectivity index (χ0) is 16.7. The van der Waals surface area contributed by atoms with Crippen LogP contribution in [-0.2, 0) is 9.53 Å². The number of furan rings is 1. The predicted molar refractivity (Wildman–Crippen MR) is 81.8 cm³/mol. The molecule has 2 aromatic rings. The van der Waals surface area contributed by atoms with Crippen LogP contribution in [0.15, 0.2) is 33.6 Å². The first-order valence-electron chi connectivity index (χ1n) is 8.05. The molecule has 4 rings (SSSR count). The summed E-state index contributed by atoms with van der Waals surface area (Å²) in [5, 5.41) is 2.98. The first-order chi connectivity index (χ1) is 11.7. The highest BCUT2D eigenvalue weighted by Crippen LogP contribution is 2.49. The summed E-state index contributed by atoms with van der Waals surface area (Å²) in [6.45, 7) is 0. The summed E-state index contributed by atoms with van der Waals surface area (Å²) in [5.41, 5.74) is 0.163. The van der Waals surface area contributed by atoms with E-state index in [0.29, 0.717) is 11.7 Å². The fourth-order valence-corrected chi connectivity index (χ4v) is 4.18. The maximum Gasteiger partial charge on any atom is 0.311 e. The summed E-state index contributed by atoms with van der Waals surface area (Å²) >= 11 is 0. The third kappa shape index (κ3) is 2.31. The van der Waals surface area contributed by atoms with Gasteiger partial charge in [-0.1, -0.05) is 0 Å². The van der Waals surface area contributed by atoms with Gasteiger partial charge in [-0.25, -0.2) is 4.98 Å². The predicted octanol–water partition coefficient (Wildman–Crippen LogP) is 2.25. The summed E-state index contributed by atoms with van der Waals surface area (Å²) in [5.74, 6) is 0.430. The van der Waals surface area contributed by atoms with Crippen molar-refractivity contribution in [1.29, 1.82) is 0 Å². The summed E-state index contributed by atoms with van der Waals surface area (Å²) in [4.78, 5) is 28.8. The van der Waals surface area contributed by atoms with Crippen molar-refractivity contribution in [2.24, 2.45) is 17.8 Å². The highest BCUT2D eigenvalue weighted by atomic mass is 16.5. The van der Waals surface area contributed by atoms with Gasteiger partial charge in [0.15, 0.2) is 17.8 Å². The van der Waals surface area contributed by atoms with Gasteiger partial charge in [-0.15, -0.1) is 0 Å². The molecule has 0 aromatic carbocycles. The fraction of sp³-hybridized carbons (Fsp3) is 0.471. The third-order valence-electron chi connectivity index (χ3n) is 5.21. The largest absolute Gasteiger partial charge is 0.469 e. The Bertz CT molecular complexity index is 751. The van der Waals surface area contributed by atoms with Gasteiger partial charge in [-0.05, 0) is 43.2 Å². The van der Waals surface area contributed by atoms with Crippen LogP contribution in [0.25, 0.3) is 11.5 Å². The molecule has 7 heteroatoms. The number of nitrogens with zero attached hydrogens (tertiary/aromatic N) is 1. The van der Waals surface area contributed by atoms with Gasteiger partial charge in [0.2, 0.25) is 5.76 Å². The van der Waals surface area contributed by atoms with Crippen molar-refractivity contribution in [2.75, 3.05) is 7.11 Å². The number of rotatable bonds is 4. The smallest absolute Gasteiger partial charge is 0.311 e. The summed E-state index contributed by atoms with van der Waals surface area (Å²) in [6, 6.07) is 3.19. The fourth-order valence-electron chi connectivity index (χ4n) is 4.18. The number of hydrogen-bond acceptors (Lipinski definition) is 6. The quantitative estimate of drug-likeness (QED) is 0.864. The van der Waals surface area contributed by atoms with Crippen LogP contribution in [-0.4, -0.2) is 30.0 Å². The van der Waals surface area contributed by atoms with E-state index in [1.807, 2.05) is 0 Å². The second-order valence-electron chi connectivity index (χ2n) is 6.39. The van der Waals surface area contributed by atoms with Crippen LogP contribution in [0.3, 0.4) is 0 Å². The number of carbonyl (C=O) groups is 2. The maximum absolute atomic E-state index is 12.7. The van der Waals surface area contributed by atoms with E-state index in [-0.39, 0.29) is 41.2 Å². The monoisotopic (exact) mass is 330 g/mol. The van der Waals surface area contributed by atoms with Crippen LogP contribution >= 0.6 is 0 Å². The first kappa shape index (κ1) is 15.0. The number of methoxy groups -OCH3 is 1. The molecule has 2 bridgehead atoms. The lowest BCUT2D eigenvalue weighted by Crippen LogP contribution is -2.47. The van der Waals surface area contributed by atoms with E-state index in [2.05, 4.69) is 10.3 Å². The highest BCUT2D eigenvalue weighted by molar-refractivity contribution is 5.97. The molecule has 2 aliphatic carbocycles. The van der Waals surface area contributed by atoms with Crippen molar-refractivity contribution < 1.29 is 23.2 Å². The lowest BCUT2D eigenvalue weighted by molar-refractivity contribution is -0.148. The van der Waals surface area contributed by atoms with E-state index in [9.17, 15) is 9.59 Å². The van der Waals surface area contributed by atoms with Gasteiger partial charge in [0.05, 0.1) is 19.3 Å². The average Bonchev–Trinajstić information content (AvgIpc) is 3.36. The SMILES string of the molecule is COC(=O)[C@H]1[C@H]2CC[C@@H](C2)[C@@H]1NC(=O)c1ncoc1-c1ccco1. The molecule has 2 aromatic heterocycles. The summed E-state index contributed by atoms with van der Waals surface area (Å²) < 4.78 is 15.5. The van der Waals surface area contributed by atoms with E-state index in [0.717, 1.165) is 19.3 Å². The minimum Gasteiger partial charge on any atom is -0.469 e. The molecule has 4 atom stereocenters. The Hall–Kier alpha value is -2.57. The second-order valence-corrected chi connectivity index (χ2v) is 6.39. The topological polar surface area (TPSA) is 94.6 Å². The number of fused-ring (bicyclic) bond motifs is 2. The number of aromatic nitrogens is 1. The Kier molecular flexibility index (Phi) is 3.63. The Morgan fingerprint density at radius 1 is 1.29 bits per heavy atom. The zero-order valence-corrected chi connectivity index (χ0v) is 13.2. The lowest BCUT2D eigenvalue weighted by atomic mass is 9.84. The molecular weight excluding hydrogens is 312 g/mol. The van der Waals surface area contributed by atoms with E-state index in [1.54, 1.807) is 12.1 Å². The standard InChI is InChI=1S/C17H18N2O5/c1-22-17(21)12-9-4-5-10(7-9)13(12)19-16(20)14-15(24-8-18-14)11-3-2-6-23-11/h2-3,6,8-10,12-13H,4-5,7H2,1H3,(H,19,20)/t9-,10-,12-,13-/m0/s1. The van der Waals surface area contributed by atoms with Crippen LogP contribution in [0.4, 0.5) is 0 Å². The van der Waals surface area contributed by atoms with Crippen LogP contribution in [0.2, 0.25) is 0 Å². The zero-order valence-electron chi connectivity index (χ0n) is 13.2. The second kappa shape index (κ2) is 5.81. The Morgan fingerprint density at radius 3 is 2.88 bits per heavy atom. The van der Waals surface area contributed by atoms with Crippen LogP contribution < -0.4 is 5.32 Å². The van der Waals surface area contributed by atoms with Gasteiger partial charge in [-0.3, -0.25) is 9.59 Å². The minimum absolute atomic E-state index is 0.163. The lowest BCUT2D eigenvalue weighted by Gasteiger charge is -2.29.